The zero-order valence-corrected chi connectivity index (χ0v) is 9.93. The summed E-state index contributed by atoms with van der Waals surface area (Å²) in [6, 6.07) is 0. The third-order valence-corrected chi connectivity index (χ3v) is 4.30. The molecule has 2 aliphatic rings. The zero-order valence-electron chi connectivity index (χ0n) is 9.11. The van der Waals surface area contributed by atoms with Gasteiger partial charge in [0.15, 0.2) is 0 Å². The van der Waals surface area contributed by atoms with Gasteiger partial charge in [-0.1, -0.05) is 18.1 Å². The lowest BCUT2D eigenvalue weighted by molar-refractivity contribution is 0.420. The first kappa shape index (κ1) is 11.1. The Morgan fingerprint density at radius 1 is 1.40 bits per heavy atom. The van der Waals surface area contributed by atoms with E-state index >= 15 is 0 Å². The van der Waals surface area contributed by atoms with Gasteiger partial charge in [-0.3, -0.25) is 0 Å². The SMILES string of the molecule is C#CCSCCNCC1CC2C=CC1C2. The first-order valence-electron chi connectivity index (χ1n) is 5.80. The Labute approximate surface area is 97.1 Å². The molecule has 0 saturated heterocycles. The molecule has 1 fully saturated rings. The first-order chi connectivity index (χ1) is 7.40. The molecule has 0 aliphatic heterocycles. The minimum atomic E-state index is 0.846. The van der Waals surface area contributed by atoms with Gasteiger partial charge in [-0.15, -0.1) is 18.2 Å². The summed E-state index contributed by atoms with van der Waals surface area (Å²) in [6.45, 7) is 2.30. The van der Waals surface area contributed by atoms with E-state index in [1.54, 1.807) is 0 Å². The predicted molar refractivity (Wildman–Crippen MR) is 67.9 cm³/mol. The van der Waals surface area contributed by atoms with Crippen LogP contribution in [0.4, 0.5) is 0 Å². The van der Waals surface area contributed by atoms with E-state index in [0.29, 0.717) is 0 Å². The van der Waals surface area contributed by atoms with Crippen molar-refractivity contribution in [1.82, 2.24) is 5.32 Å². The molecule has 0 aromatic rings. The van der Waals surface area contributed by atoms with E-state index in [9.17, 15) is 0 Å². The van der Waals surface area contributed by atoms with E-state index in [4.69, 9.17) is 6.42 Å². The molecule has 1 saturated carbocycles. The first-order valence-corrected chi connectivity index (χ1v) is 6.96. The van der Waals surface area contributed by atoms with Gasteiger partial charge >= 0.3 is 0 Å². The van der Waals surface area contributed by atoms with Crippen LogP contribution in [0.25, 0.3) is 0 Å². The van der Waals surface area contributed by atoms with Crippen LogP contribution in [0.2, 0.25) is 0 Å². The van der Waals surface area contributed by atoms with Crippen LogP contribution in [0.1, 0.15) is 12.8 Å². The Bertz CT molecular complexity index is 266. The molecule has 2 heteroatoms. The minimum Gasteiger partial charge on any atom is -0.316 e. The lowest BCUT2D eigenvalue weighted by Gasteiger charge is -2.18. The van der Waals surface area contributed by atoms with Gasteiger partial charge in [-0.2, -0.15) is 0 Å². The van der Waals surface area contributed by atoms with Gasteiger partial charge in [0, 0.05) is 12.3 Å². The van der Waals surface area contributed by atoms with Crippen molar-refractivity contribution in [2.75, 3.05) is 24.6 Å². The van der Waals surface area contributed by atoms with E-state index in [1.807, 2.05) is 11.8 Å². The lowest BCUT2D eigenvalue weighted by atomic mass is 9.94. The maximum absolute atomic E-state index is 5.19. The zero-order chi connectivity index (χ0) is 10.5. The molecule has 3 unspecified atom stereocenters. The molecule has 2 rings (SSSR count). The number of fused-ring (bicyclic) bond motifs is 2. The number of allylic oxidation sites excluding steroid dienone is 2. The van der Waals surface area contributed by atoms with Crippen LogP contribution >= 0.6 is 11.8 Å². The molecule has 3 atom stereocenters. The van der Waals surface area contributed by atoms with Gasteiger partial charge in [0.1, 0.15) is 0 Å². The lowest BCUT2D eigenvalue weighted by Crippen LogP contribution is -2.27. The summed E-state index contributed by atoms with van der Waals surface area (Å²) in [6.07, 6.45) is 12.8. The highest BCUT2D eigenvalue weighted by molar-refractivity contribution is 7.99. The molecule has 0 amide bonds. The second kappa shape index (κ2) is 5.63. The Balaban J connectivity index is 1.52. The summed E-state index contributed by atoms with van der Waals surface area (Å²) in [7, 11) is 0. The summed E-state index contributed by atoms with van der Waals surface area (Å²) in [5.74, 6) is 7.31. The molecule has 0 radical (unpaired) electrons. The van der Waals surface area contributed by atoms with Gasteiger partial charge < -0.3 is 5.32 Å². The van der Waals surface area contributed by atoms with Crippen LogP contribution < -0.4 is 5.32 Å². The van der Waals surface area contributed by atoms with E-state index in [2.05, 4.69) is 23.4 Å². The summed E-state index contributed by atoms with van der Waals surface area (Å²) >= 11 is 1.84. The van der Waals surface area contributed by atoms with Crippen molar-refractivity contribution in [2.24, 2.45) is 17.8 Å². The highest BCUT2D eigenvalue weighted by Gasteiger charge is 2.34. The summed E-state index contributed by atoms with van der Waals surface area (Å²) in [5, 5.41) is 3.55. The van der Waals surface area contributed by atoms with Crippen molar-refractivity contribution in [3.8, 4) is 12.3 Å². The van der Waals surface area contributed by atoms with Gasteiger partial charge in [0.05, 0.1) is 5.75 Å². The van der Waals surface area contributed by atoms with Crippen LogP contribution in [0.5, 0.6) is 0 Å². The van der Waals surface area contributed by atoms with Crippen LogP contribution in [-0.2, 0) is 0 Å². The topological polar surface area (TPSA) is 12.0 Å². The number of rotatable bonds is 6. The Hall–Kier alpha value is -0.390. The van der Waals surface area contributed by atoms with Crippen molar-refractivity contribution in [1.29, 1.82) is 0 Å². The van der Waals surface area contributed by atoms with Gasteiger partial charge in [-0.25, -0.2) is 0 Å². The van der Waals surface area contributed by atoms with Crippen molar-refractivity contribution >= 4 is 11.8 Å². The van der Waals surface area contributed by atoms with Crippen molar-refractivity contribution in [3.63, 3.8) is 0 Å². The van der Waals surface area contributed by atoms with Crippen LogP contribution in [0.3, 0.4) is 0 Å². The molecular weight excluding hydrogens is 202 g/mol. The fourth-order valence-electron chi connectivity index (χ4n) is 2.69. The average Bonchev–Trinajstić information content (AvgIpc) is 2.85. The summed E-state index contributed by atoms with van der Waals surface area (Å²) in [5.41, 5.74) is 0. The highest BCUT2D eigenvalue weighted by Crippen LogP contribution is 2.42. The number of hydrogen-bond donors (Lipinski definition) is 1. The molecule has 2 aliphatic carbocycles. The van der Waals surface area contributed by atoms with E-state index < -0.39 is 0 Å². The third-order valence-electron chi connectivity index (χ3n) is 3.43. The molecular formula is C13H19NS. The van der Waals surface area contributed by atoms with Crippen molar-refractivity contribution < 1.29 is 0 Å². The van der Waals surface area contributed by atoms with Crippen LogP contribution in [0.15, 0.2) is 12.2 Å². The fraction of sp³-hybridized carbons (Fsp3) is 0.692. The summed E-state index contributed by atoms with van der Waals surface area (Å²) < 4.78 is 0. The van der Waals surface area contributed by atoms with Gasteiger partial charge in [0.25, 0.3) is 0 Å². The Morgan fingerprint density at radius 2 is 2.33 bits per heavy atom. The molecule has 0 aromatic heterocycles. The van der Waals surface area contributed by atoms with E-state index in [1.165, 1.54) is 19.4 Å². The Kier molecular flexibility index (Phi) is 4.17. The summed E-state index contributed by atoms with van der Waals surface area (Å²) in [4.78, 5) is 0. The third kappa shape index (κ3) is 3.03. The molecule has 0 spiro atoms. The molecule has 0 heterocycles. The van der Waals surface area contributed by atoms with Crippen molar-refractivity contribution in [2.45, 2.75) is 12.8 Å². The number of nitrogens with one attached hydrogen (secondary N) is 1. The predicted octanol–water partition coefficient (Wildman–Crippen LogP) is 2.15. The number of thioether (sulfide) groups is 1. The van der Waals surface area contributed by atoms with Crippen molar-refractivity contribution in [3.05, 3.63) is 12.2 Å². The maximum Gasteiger partial charge on any atom is 0.0545 e. The number of hydrogen-bond acceptors (Lipinski definition) is 2. The van der Waals surface area contributed by atoms with Crippen LogP contribution in [0, 0.1) is 30.1 Å². The van der Waals surface area contributed by atoms with E-state index in [-0.39, 0.29) is 0 Å². The monoisotopic (exact) mass is 221 g/mol. The van der Waals surface area contributed by atoms with Gasteiger partial charge in [0.2, 0.25) is 0 Å². The Morgan fingerprint density at radius 3 is 3.00 bits per heavy atom. The molecule has 82 valence electrons. The molecule has 2 bridgehead atoms. The molecule has 0 aromatic carbocycles. The molecule has 15 heavy (non-hydrogen) atoms. The standard InChI is InChI=1S/C13H19NS/c1-2-6-15-7-5-14-10-13-9-11-3-4-12(13)8-11/h1,3-4,11-14H,5-10H2. The number of terminal acetylenes is 1. The van der Waals surface area contributed by atoms with E-state index in [0.717, 1.165) is 35.8 Å². The van der Waals surface area contributed by atoms with Crippen LogP contribution in [-0.4, -0.2) is 24.6 Å². The second-order valence-electron chi connectivity index (χ2n) is 4.50. The highest BCUT2D eigenvalue weighted by atomic mass is 32.2. The quantitative estimate of drug-likeness (QED) is 0.419. The molecule has 1 N–H and O–H groups in total. The largest absolute Gasteiger partial charge is 0.316 e. The fourth-order valence-corrected chi connectivity index (χ4v) is 3.24. The molecule has 1 nitrogen and oxygen atoms in total. The second-order valence-corrected chi connectivity index (χ2v) is 5.61. The smallest absolute Gasteiger partial charge is 0.0545 e. The normalized spacial score (nSPS) is 32.1. The maximum atomic E-state index is 5.19. The van der Waals surface area contributed by atoms with Gasteiger partial charge in [-0.05, 0) is 37.1 Å². The average molecular weight is 221 g/mol. The minimum absolute atomic E-state index is 0.846.